The summed E-state index contributed by atoms with van der Waals surface area (Å²) in [7, 11) is 0. The molecule has 5 unspecified atom stereocenters. The van der Waals surface area contributed by atoms with Gasteiger partial charge in [0.15, 0.2) is 0 Å². The molecule has 5 N–H and O–H groups in total. The van der Waals surface area contributed by atoms with Gasteiger partial charge in [-0.2, -0.15) is 0 Å². The lowest BCUT2D eigenvalue weighted by molar-refractivity contribution is 0.0134. The maximum absolute atomic E-state index is 9.33. The highest BCUT2D eigenvalue weighted by molar-refractivity contribution is 5.04. The van der Waals surface area contributed by atoms with Gasteiger partial charge in [-0.3, -0.25) is 10.6 Å². The third-order valence-corrected chi connectivity index (χ3v) is 2.39. The van der Waals surface area contributed by atoms with Crippen LogP contribution in [0, 0.1) is 0 Å². The number of aliphatic hydroxyl groups is 3. The minimum atomic E-state index is -0.856. The Balaban J connectivity index is 2.16. The highest BCUT2D eigenvalue weighted by Crippen LogP contribution is 2.19. The van der Waals surface area contributed by atoms with Crippen molar-refractivity contribution < 1.29 is 15.3 Å². The zero-order chi connectivity index (χ0) is 8.01. The van der Waals surface area contributed by atoms with Gasteiger partial charge >= 0.3 is 0 Å². The Kier molecular flexibility index (Phi) is 1.62. The summed E-state index contributed by atoms with van der Waals surface area (Å²) in [6.07, 6.45) is -2.54. The lowest BCUT2D eigenvalue weighted by atomic mass is 10.1. The van der Waals surface area contributed by atoms with E-state index in [4.69, 9.17) is 0 Å². The molecule has 5 heteroatoms. The SMILES string of the molecule is OC1CNC2NC1C(O)C2O. The van der Waals surface area contributed by atoms with Crippen molar-refractivity contribution in [2.45, 2.75) is 30.5 Å². The molecule has 2 rings (SSSR count). The molecule has 0 radical (unpaired) electrons. The second-order valence-electron chi connectivity index (χ2n) is 3.13. The molecule has 2 bridgehead atoms. The predicted molar refractivity (Wildman–Crippen MR) is 36.7 cm³/mol. The van der Waals surface area contributed by atoms with E-state index in [9.17, 15) is 15.3 Å². The monoisotopic (exact) mass is 160 g/mol. The number of fused-ring (bicyclic) bond motifs is 2. The molecule has 11 heavy (non-hydrogen) atoms. The number of aliphatic hydroxyl groups excluding tert-OH is 3. The van der Waals surface area contributed by atoms with Crippen molar-refractivity contribution in [3.8, 4) is 0 Å². The molecule has 0 aliphatic carbocycles. The van der Waals surface area contributed by atoms with Gasteiger partial charge in [0.05, 0.1) is 18.3 Å². The van der Waals surface area contributed by atoms with Crippen LogP contribution >= 0.6 is 0 Å². The first kappa shape index (κ1) is 7.45. The van der Waals surface area contributed by atoms with Crippen LogP contribution in [0.1, 0.15) is 0 Å². The van der Waals surface area contributed by atoms with Gasteiger partial charge in [-0.05, 0) is 0 Å². The molecule has 2 aliphatic rings. The van der Waals surface area contributed by atoms with E-state index < -0.39 is 18.3 Å². The van der Waals surface area contributed by atoms with E-state index >= 15 is 0 Å². The van der Waals surface area contributed by atoms with Crippen LogP contribution in [0.4, 0.5) is 0 Å². The number of β-amino-alcohol motifs (C(OH)–C–C–N with tert-alkyl or cyclic N) is 1. The molecular formula is C6H12N2O3. The minimum Gasteiger partial charge on any atom is -0.390 e. The third-order valence-electron chi connectivity index (χ3n) is 2.39. The Hall–Kier alpha value is -0.200. The van der Waals surface area contributed by atoms with Crippen LogP contribution in [0.15, 0.2) is 0 Å². The van der Waals surface area contributed by atoms with E-state index in [0.29, 0.717) is 6.54 Å². The summed E-state index contributed by atoms with van der Waals surface area (Å²) in [4.78, 5) is 0. The topological polar surface area (TPSA) is 84.8 Å². The van der Waals surface area contributed by atoms with Crippen LogP contribution in [0.25, 0.3) is 0 Å². The summed E-state index contributed by atoms with van der Waals surface area (Å²) in [5.74, 6) is 0. The van der Waals surface area contributed by atoms with Crippen LogP contribution in [0.5, 0.6) is 0 Å². The smallest absolute Gasteiger partial charge is 0.110 e. The van der Waals surface area contributed by atoms with Crippen LogP contribution in [0.2, 0.25) is 0 Å². The quantitative estimate of drug-likeness (QED) is 0.260. The fourth-order valence-electron chi connectivity index (χ4n) is 1.71. The standard InChI is InChI=1S/C6H12N2O3/c9-2-1-7-6-5(11)4(10)3(2)8-6/h2-11H,1H2. The van der Waals surface area contributed by atoms with Crippen molar-refractivity contribution >= 4 is 0 Å². The van der Waals surface area contributed by atoms with Gasteiger partial charge in [0.25, 0.3) is 0 Å². The van der Waals surface area contributed by atoms with Crippen molar-refractivity contribution in [2.24, 2.45) is 0 Å². The van der Waals surface area contributed by atoms with E-state index in [-0.39, 0.29) is 12.2 Å². The van der Waals surface area contributed by atoms with Gasteiger partial charge < -0.3 is 15.3 Å². The maximum Gasteiger partial charge on any atom is 0.110 e. The largest absolute Gasteiger partial charge is 0.390 e. The summed E-state index contributed by atoms with van der Waals surface area (Å²) in [5, 5.41) is 33.7. The second-order valence-corrected chi connectivity index (χ2v) is 3.13. The zero-order valence-electron chi connectivity index (χ0n) is 5.94. The molecule has 0 amide bonds. The van der Waals surface area contributed by atoms with Crippen molar-refractivity contribution in [2.75, 3.05) is 6.54 Å². The molecule has 2 aliphatic heterocycles. The molecule has 2 saturated heterocycles. The van der Waals surface area contributed by atoms with Crippen LogP contribution in [-0.2, 0) is 0 Å². The maximum atomic E-state index is 9.33. The predicted octanol–water partition coefficient (Wildman–Crippen LogP) is -3.03. The van der Waals surface area contributed by atoms with Gasteiger partial charge in [-0.25, -0.2) is 0 Å². The highest BCUT2D eigenvalue weighted by atomic mass is 16.3. The molecule has 2 fully saturated rings. The Morgan fingerprint density at radius 2 is 1.82 bits per heavy atom. The molecule has 0 spiro atoms. The first-order valence-corrected chi connectivity index (χ1v) is 3.74. The summed E-state index contributed by atoms with van der Waals surface area (Å²) >= 11 is 0. The first-order chi connectivity index (χ1) is 5.20. The van der Waals surface area contributed by atoms with Crippen LogP contribution < -0.4 is 10.6 Å². The van der Waals surface area contributed by atoms with Crippen LogP contribution in [0.3, 0.4) is 0 Å². The molecular weight excluding hydrogens is 148 g/mol. The summed E-state index contributed by atoms with van der Waals surface area (Å²) in [6.45, 7) is 0.427. The van der Waals surface area contributed by atoms with Crippen LogP contribution in [-0.4, -0.2) is 52.4 Å². The number of rotatable bonds is 0. The highest BCUT2D eigenvalue weighted by Gasteiger charge is 2.47. The summed E-state index contributed by atoms with van der Waals surface area (Å²) < 4.78 is 0. The number of hydrogen-bond donors (Lipinski definition) is 5. The molecule has 5 atom stereocenters. The van der Waals surface area contributed by atoms with Gasteiger partial charge in [0.1, 0.15) is 12.2 Å². The van der Waals surface area contributed by atoms with E-state index in [1.807, 2.05) is 0 Å². The molecule has 0 aromatic rings. The van der Waals surface area contributed by atoms with Gasteiger partial charge in [-0.1, -0.05) is 0 Å². The van der Waals surface area contributed by atoms with Crippen molar-refractivity contribution in [1.82, 2.24) is 10.6 Å². The third kappa shape index (κ3) is 0.969. The van der Waals surface area contributed by atoms with Crippen molar-refractivity contribution in [3.05, 3.63) is 0 Å². The van der Waals surface area contributed by atoms with Crippen molar-refractivity contribution in [1.29, 1.82) is 0 Å². The molecule has 2 heterocycles. The Morgan fingerprint density at radius 3 is 2.45 bits per heavy atom. The Labute approximate surface area is 64.0 Å². The minimum absolute atomic E-state index is 0.265. The van der Waals surface area contributed by atoms with E-state index in [1.165, 1.54) is 0 Å². The average Bonchev–Trinajstić information content (AvgIpc) is 2.24. The normalized spacial score (nSPS) is 56.5. The average molecular weight is 160 g/mol. The van der Waals surface area contributed by atoms with E-state index in [2.05, 4.69) is 10.6 Å². The molecule has 0 aromatic carbocycles. The first-order valence-electron chi connectivity index (χ1n) is 3.74. The molecule has 0 aromatic heterocycles. The van der Waals surface area contributed by atoms with Crippen molar-refractivity contribution in [3.63, 3.8) is 0 Å². The van der Waals surface area contributed by atoms with E-state index in [1.54, 1.807) is 0 Å². The fourth-order valence-corrected chi connectivity index (χ4v) is 1.71. The second kappa shape index (κ2) is 2.40. The zero-order valence-corrected chi connectivity index (χ0v) is 5.94. The van der Waals surface area contributed by atoms with Gasteiger partial charge in [0, 0.05) is 6.54 Å². The molecule has 5 nitrogen and oxygen atoms in total. The molecule has 0 saturated carbocycles. The lowest BCUT2D eigenvalue weighted by Gasteiger charge is -2.27. The lowest BCUT2D eigenvalue weighted by Crippen LogP contribution is -2.57. The fraction of sp³-hybridized carbons (Fsp3) is 1.00. The summed E-state index contributed by atoms with van der Waals surface area (Å²) in [5.41, 5.74) is 0. The van der Waals surface area contributed by atoms with E-state index in [0.717, 1.165) is 0 Å². The van der Waals surface area contributed by atoms with Gasteiger partial charge in [-0.15, -0.1) is 0 Å². The number of hydrogen-bond acceptors (Lipinski definition) is 5. The molecule has 64 valence electrons. The Morgan fingerprint density at radius 1 is 1.09 bits per heavy atom. The Bertz CT molecular complexity index is 166. The number of nitrogens with one attached hydrogen (secondary N) is 2. The van der Waals surface area contributed by atoms with Gasteiger partial charge in [0.2, 0.25) is 0 Å². The summed E-state index contributed by atoms with van der Waals surface area (Å²) in [6, 6.07) is -0.378.